The molecule has 5 heteroatoms. The zero-order valence-electron chi connectivity index (χ0n) is 15.1. The molecule has 0 radical (unpaired) electrons. The maximum absolute atomic E-state index is 12.7. The summed E-state index contributed by atoms with van der Waals surface area (Å²) in [5.74, 6) is 1.02. The van der Waals surface area contributed by atoms with E-state index in [2.05, 4.69) is 34.9 Å². The summed E-state index contributed by atoms with van der Waals surface area (Å²) in [6.45, 7) is 4.61. The summed E-state index contributed by atoms with van der Waals surface area (Å²) in [7, 11) is 0. The van der Waals surface area contributed by atoms with Crippen molar-refractivity contribution in [2.24, 2.45) is 5.92 Å². The van der Waals surface area contributed by atoms with Crippen LogP contribution in [0.5, 0.6) is 0 Å². The third kappa shape index (κ3) is 3.61. The van der Waals surface area contributed by atoms with Gasteiger partial charge in [-0.1, -0.05) is 18.2 Å². The molecule has 0 amide bonds. The Balaban J connectivity index is 1.60. The van der Waals surface area contributed by atoms with Crippen LogP contribution in [-0.4, -0.2) is 35.9 Å². The van der Waals surface area contributed by atoms with Crippen molar-refractivity contribution < 1.29 is 5.11 Å². The number of pyridine rings is 1. The van der Waals surface area contributed by atoms with E-state index in [9.17, 15) is 4.79 Å². The normalized spacial score (nSPS) is 21.4. The number of nitrogens with one attached hydrogen (secondary N) is 2. The Bertz CT molecular complexity index is 830. The third-order valence-corrected chi connectivity index (χ3v) is 5.56. The van der Waals surface area contributed by atoms with E-state index in [1.165, 1.54) is 17.7 Å². The smallest absolute Gasteiger partial charge is 0.251 e. The highest BCUT2D eigenvalue weighted by Gasteiger charge is 2.31. The van der Waals surface area contributed by atoms with E-state index in [0.717, 1.165) is 50.3 Å². The topological polar surface area (TPSA) is 66.3 Å². The van der Waals surface area contributed by atoms with Crippen LogP contribution in [0.4, 0.5) is 0 Å². The number of aliphatic hydroxyl groups excluding tert-OH is 1. The molecule has 2 aliphatic heterocycles. The van der Waals surface area contributed by atoms with Gasteiger partial charge < -0.3 is 20.3 Å². The fraction of sp³-hybridized carbons (Fsp3) is 0.476. The van der Waals surface area contributed by atoms with Crippen molar-refractivity contribution in [2.75, 3.05) is 26.2 Å². The van der Waals surface area contributed by atoms with E-state index < -0.39 is 0 Å². The van der Waals surface area contributed by atoms with Crippen LogP contribution in [0.15, 0.2) is 41.2 Å². The number of benzene rings is 1. The van der Waals surface area contributed by atoms with Crippen LogP contribution in [0, 0.1) is 5.92 Å². The molecule has 0 spiro atoms. The molecule has 2 atom stereocenters. The summed E-state index contributed by atoms with van der Waals surface area (Å²) in [6, 6.07) is 12.4. The molecular weight excluding hydrogens is 326 g/mol. The minimum atomic E-state index is 0.126. The van der Waals surface area contributed by atoms with E-state index in [-0.39, 0.29) is 12.2 Å². The molecule has 0 saturated carbocycles. The maximum Gasteiger partial charge on any atom is 0.251 e. The van der Waals surface area contributed by atoms with Gasteiger partial charge in [0.05, 0.1) is 0 Å². The average molecular weight is 353 g/mol. The Kier molecular flexibility index (Phi) is 5.20. The quantitative estimate of drug-likeness (QED) is 0.692. The van der Waals surface area contributed by atoms with E-state index >= 15 is 0 Å². The van der Waals surface area contributed by atoms with Crippen LogP contribution in [-0.2, 0) is 13.1 Å². The zero-order valence-corrected chi connectivity index (χ0v) is 15.1. The summed E-state index contributed by atoms with van der Waals surface area (Å²) in [5.41, 5.74) is 4.61. The molecule has 2 bridgehead atoms. The van der Waals surface area contributed by atoms with Crippen LogP contribution in [0.25, 0.3) is 11.1 Å². The van der Waals surface area contributed by atoms with Gasteiger partial charge in [0.2, 0.25) is 0 Å². The fourth-order valence-electron chi connectivity index (χ4n) is 4.27. The SMILES string of the molecule is O=c1cc(-c2cccc(CNCCCO)c2)cc2n1C[C@@H]1CNC[C@H]2C1. The van der Waals surface area contributed by atoms with Crippen LogP contribution in [0.3, 0.4) is 0 Å². The number of hydrogen-bond donors (Lipinski definition) is 3. The molecule has 2 aliphatic rings. The molecule has 1 aromatic carbocycles. The van der Waals surface area contributed by atoms with E-state index in [4.69, 9.17) is 5.11 Å². The predicted molar refractivity (Wildman–Crippen MR) is 103 cm³/mol. The van der Waals surface area contributed by atoms with Gasteiger partial charge in [-0.3, -0.25) is 4.79 Å². The largest absolute Gasteiger partial charge is 0.396 e. The lowest BCUT2D eigenvalue weighted by Crippen LogP contribution is -2.44. The summed E-state index contributed by atoms with van der Waals surface area (Å²) < 4.78 is 1.99. The molecule has 3 N–H and O–H groups in total. The van der Waals surface area contributed by atoms with E-state index in [0.29, 0.717) is 11.8 Å². The van der Waals surface area contributed by atoms with E-state index in [1.807, 2.05) is 10.6 Å². The minimum Gasteiger partial charge on any atom is -0.396 e. The monoisotopic (exact) mass is 353 g/mol. The summed E-state index contributed by atoms with van der Waals surface area (Å²) in [4.78, 5) is 12.7. The molecule has 138 valence electrons. The zero-order chi connectivity index (χ0) is 17.9. The van der Waals surface area contributed by atoms with Crippen molar-refractivity contribution >= 4 is 0 Å². The molecule has 5 nitrogen and oxygen atoms in total. The molecule has 2 aromatic rings. The number of hydrogen-bond acceptors (Lipinski definition) is 4. The molecule has 26 heavy (non-hydrogen) atoms. The molecule has 1 saturated heterocycles. The maximum atomic E-state index is 12.7. The second-order valence-corrected chi connectivity index (χ2v) is 7.53. The predicted octanol–water partition coefficient (Wildman–Crippen LogP) is 1.69. The van der Waals surface area contributed by atoms with Crippen molar-refractivity contribution in [3.8, 4) is 11.1 Å². The number of fused-ring (bicyclic) bond motifs is 4. The van der Waals surface area contributed by atoms with Crippen molar-refractivity contribution in [3.05, 3.63) is 58.0 Å². The molecule has 1 aromatic heterocycles. The van der Waals surface area contributed by atoms with Crippen molar-refractivity contribution in [3.63, 3.8) is 0 Å². The molecule has 0 unspecified atom stereocenters. The number of piperidine rings is 1. The second kappa shape index (κ2) is 7.74. The van der Waals surface area contributed by atoms with Gasteiger partial charge in [-0.15, -0.1) is 0 Å². The summed E-state index contributed by atoms with van der Waals surface area (Å²) in [5, 5.41) is 15.7. The summed E-state index contributed by atoms with van der Waals surface area (Å²) in [6.07, 6.45) is 1.95. The Morgan fingerprint density at radius 2 is 2.12 bits per heavy atom. The van der Waals surface area contributed by atoms with Crippen LogP contribution in [0.1, 0.15) is 30.0 Å². The standard InChI is InChI=1S/C21H27N3O2/c25-6-2-5-22-11-15-3-1-4-17(7-15)18-9-20-19-8-16(12-23-13-19)14-24(20)21(26)10-18/h1,3-4,7,9-10,16,19,22-23,25H,2,5-6,8,11-14H2/t16-,19+/m0/s1. The lowest BCUT2D eigenvalue weighted by atomic mass is 9.83. The Morgan fingerprint density at radius 3 is 3.00 bits per heavy atom. The van der Waals surface area contributed by atoms with Gasteiger partial charge in [-0.25, -0.2) is 0 Å². The first-order valence-corrected chi connectivity index (χ1v) is 9.61. The third-order valence-electron chi connectivity index (χ3n) is 5.56. The highest BCUT2D eigenvalue weighted by atomic mass is 16.3. The molecule has 3 heterocycles. The van der Waals surface area contributed by atoms with Gasteiger partial charge in [-0.2, -0.15) is 0 Å². The van der Waals surface area contributed by atoms with Gasteiger partial charge in [0, 0.05) is 43.9 Å². The highest BCUT2D eigenvalue weighted by Crippen LogP contribution is 2.33. The Labute approximate surface area is 154 Å². The lowest BCUT2D eigenvalue weighted by Gasteiger charge is -2.37. The lowest BCUT2D eigenvalue weighted by molar-refractivity contribution is 0.257. The first-order chi connectivity index (χ1) is 12.7. The van der Waals surface area contributed by atoms with Crippen LogP contribution < -0.4 is 16.2 Å². The Morgan fingerprint density at radius 1 is 1.19 bits per heavy atom. The summed E-state index contributed by atoms with van der Waals surface area (Å²) >= 11 is 0. The Hall–Kier alpha value is -1.95. The number of nitrogens with zero attached hydrogens (tertiary/aromatic N) is 1. The number of aromatic nitrogens is 1. The average Bonchev–Trinajstić information content (AvgIpc) is 2.66. The second-order valence-electron chi connectivity index (χ2n) is 7.53. The first kappa shape index (κ1) is 17.5. The van der Waals surface area contributed by atoms with E-state index in [1.54, 1.807) is 6.07 Å². The molecular formula is C21H27N3O2. The number of aliphatic hydroxyl groups is 1. The van der Waals surface area contributed by atoms with Gasteiger partial charge in [0.15, 0.2) is 0 Å². The van der Waals surface area contributed by atoms with Crippen LogP contribution in [0.2, 0.25) is 0 Å². The fourth-order valence-corrected chi connectivity index (χ4v) is 4.27. The van der Waals surface area contributed by atoms with Gasteiger partial charge in [-0.05, 0) is 60.7 Å². The molecule has 4 rings (SSSR count). The van der Waals surface area contributed by atoms with Gasteiger partial charge in [0.1, 0.15) is 0 Å². The number of rotatable bonds is 6. The molecule has 0 aliphatic carbocycles. The first-order valence-electron chi connectivity index (χ1n) is 9.61. The van der Waals surface area contributed by atoms with Crippen molar-refractivity contribution in [1.29, 1.82) is 0 Å². The minimum absolute atomic E-state index is 0.126. The van der Waals surface area contributed by atoms with Crippen molar-refractivity contribution in [1.82, 2.24) is 15.2 Å². The van der Waals surface area contributed by atoms with Crippen LogP contribution >= 0.6 is 0 Å². The molecule has 1 fully saturated rings. The van der Waals surface area contributed by atoms with Crippen molar-refractivity contribution in [2.45, 2.75) is 31.8 Å². The van der Waals surface area contributed by atoms with Gasteiger partial charge in [0.25, 0.3) is 5.56 Å². The van der Waals surface area contributed by atoms with Gasteiger partial charge >= 0.3 is 0 Å². The highest BCUT2D eigenvalue weighted by molar-refractivity contribution is 5.64.